The van der Waals surface area contributed by atoms with Gasteiger partial charge in [0, 0.05) is 6.04 Å². The van der Waals surface area contributed by atoms with Gasteiger partial charge in [-0.25, -0.2) is 8.42 Å². The lowest BCUT2D eigenvalue weighted by Gasteiger charge is -2.23. The first-order valence-corrected chi connectivity index (χ1v) is 9.90. The Balaban J connectivity index is 1.72. The maximum absolute atomic E-state index is 11.9. The Morgan fingerprint density at radius 2 is 2.00 bits per heavy atom. The monoisotopic (exact) mass is 339 g/mol. The molecule has 6 heteroatoms. The number of rotatable bonds is 6. The molecule has 0 spiro atoms. The molecule has 1 aromatic rings. The van der Waals surface area contributed by atoms with Gasteiger partial charge < -0.3 is 10.1 Å². The summed E-state index contributed by atoms with van der Waals surface area (Å²) >= 11 is 0. The van der Waals surface area contributed by atoms with Crippen LogP contribution in [0.15, 0.2) is 24.3 Å². The molecule has 128 valence electrons. The maximum atomic E-state index is 11.9. The summed E-state index contributed by atoms with van der Waals surface area (Å²) in [6.45, 7) is 4.55. The summed E-state index contributed by atoms with van der Waals surface area (Å²) < 4.78 is 28.6. The first-order valence-electron chi connectivity index (χ1n) is 8.08. The van der Waals surface area contributed by atoms with E-state index in [0.29, 0.717) is 12.3 Å². The molecule has 1 aliphatic heterocycles. The third-order valence-electron chi connectivity index (χ3n) is 3.97. The van der Waals surface area contributed by atoms with Crippen LogP contribution in [0.2, 0.25) is 0 Å². The van der Waals surface area contributed by atoms with Gasteiger partial charge >= 0.3 is 0 Å². The zero-order valence-electron chi connectivity index (χ0n) is 13.7. The van der Waals surface area contributed by atoms with Crippen molar-refractivity contribution in [3.8, 4) is 5.75 Å². The predicted octanol–water partition coefficient (Wildman–Crippen LogP) is 2.27. The number of nitrogens with one attached hydrogen (secondary N) is 1. The molecule has 1 aromatic carbocycles. The molecule has 0 bridgehead atoms. The van der Waals surface area contributed by atoms with Gasteiger partial charge in [0.05, 0.1) is 24.5 Å². The van der Waals surface area contributed by atoms with Crippen molar-refractivity contribution in [2.75, 3.05) is 18.1 Å². The minimum absolute atomic E-state index is 0.0518. The highest BCUT2D eigenvalue weighted by atomic mass is 32.2. The van der Waals surface area contributed by atoms with Crippen LogP contribution >= 0.6 is 0 Å². The molecule has 5 nitrogen and oxygen atoms in total. The molecule has 1 amide bonds. The number of benzene rings is 1. The largest absolute Gasteiger partial charge is 0.493 e. The molecule has 1 atom stereocenters. The normalized spacial score (nSPS) is 20.2. The fraction of sp³-hybridized carbons (Fsp3) is 0.588. The van der Waals surface area contributed by atoms with Crippen LogP contribution in [0.25, 0.3) is 0 Å². The van der Waals surface area contributed by atoms with Crippen LogP contribution in [0, 0.1) is 0 Å². The Labute approximate surface area is 138 Å². The van der Waals surface area contributed by atoms with Gasteiger partial charge in [-0.15, -0.1) is 0 Å². The standard InChI is InChI=1S/C17H25NO4S/c1-13(2)14-5-7-16(8-6-14)22-10-9-17(19)18-15-4-3-11-23(20,21)12-15/h5-8,13,15H,3-4,9-12H2,1-2H3,(H,18,19). The second-order valence-corrected chi connectivity index (χ2v) is 8.57. The number of sulfone groups is 1. The fourth-order valence-corrected chi connectivity index (χ4v) is 4.28. The van der Waals surface area contributed by atoms with E-state index in [0.717, 1.165) is 12.2 Å². The summed E-state index contributed by atoms with van der Waals surface area (Å²) in [5.74, 6) is 1.33. The number of hydrogen-bond donors (Lipinski definition) is 1. The van der Waals surface area contributed by atoms with Crippen molar-refractivity contribution in [3.05, 3.63) is 29.8 Å². The van der Waals surface area contributed by atoms with Gasteiger partial charge in [0.1, 0.15) is 5.75 Å². The number of amides is 1. The molecule has 1 unspecified atom stereocenters. The third kappa shape index (κ3) is 5.86. The molecule has 0 aliphatic carbocycles. The van der Waals surface area contributed by atoms with Gasteiger partial charge in [-0.3, -0.25) is 4.79 Å². The average molecular weight is 339 g/mol. The maximum Gasteiger partial charge on any atom is 0.223 e. The van der Waals surface area contributed by atoms with Crippen LogP contribution in [0.1, 0.15) is 44.6 Å². The number of carbonyl (C=O) groups is 1. The van der Waals surface area contributed by atoms with E-state index in [9.17, 15) is 13.2 Å². The van der Waals surface area contributed by atoms with E-state index in [1.807, 2.05) is 24.3 Å². The van der Waals surface area contributed by atoms with Gasteiger partial charge in [0.25, 0.3) is 0 Å². The fourth-order valence-electron chi connectivity index (χ4n) is 2.65. The van der Waals surface area contributed by atoms with Crippen LogP contribution < -0.4 is 10.1 Å². The number of carbonyl (C=O) groups excluding carboxylic acids is 1. The first kappa shape index (κ1) is 17.8. The second-order valence-electron chi connectivity index (χ2n) is 6.34. The van der Waals surface area contributed by atoms with Crippen molar-refractivity contribution in [2.45, 2.75) is 45.1 Å². The van der Waals surface area contributed by atoms with E-state index >= 15 is 0 Å². The van der Waals surface area contributed by atoms with Gasteiger partial charge in [-0.1, -0.05) is 26.0 Å². The molecular weight excluding hydrogens is 314 g/mol. The van der Waals surface area contributed by atoms with Crippen molar-refractivity contribution in [2.24, 2.45) is 0 Å². The highest BCUT2D eigenvalue weighted by Gasteiger charge is 2.25. The number of hydrogen-bond acceptors (Lipinski definition) is 4. The van der Waals surface area contributed by atoms with Crippen LogP contribution in [-0.4, -0.2) is 38.5 Å². The molecule has 1 fully saturated rings. The summed E-state index contributed by atoms with van der Waals surface area (Å²) in [6, 6.07) is 7.59. The van der Waals surface area contributed by atoms with Gasteiger partial charge in [0.2, 0.25) is 5.91 Å². The summed E-state index contributed by atoms with van der Waals surface area (Å²) in [7, 11) is -3.00. The van der Waals surface area contributed by atoms with Gasteiger partial charge in [0.15, 0.2) is 9.84 Å². The summed E-state index contributed by atoms with van der Waals surface area (Å²) in [6.07, 6.45) is 1.57. The Bertz CT molecular complexity index is 622. The topological polar surface area (TPSA) is 72.5 Å². The van der Waals surface area contributed by atoms with E-state index < -0.39 is 9.84 Å². The molecular formula is C17H25NO4S. The molecule has 1 saturated heterocycles. The van der Waals surface area contributed by atoms with Gasteiger partial charge in [-0.05, 0) is 36.5 Å². The lowest BCUT2D eigenvalue weighted by Crippen LogP contribution is -2.43. The third-order valence-corrected chi connectivity index (χ3v) is 5.79. The van der Waals surface area contributed by atoms with E-state index in [2.05, 4.69) is 19.2 Å². The van der Waals surface area contributed by atoms with Crippen molar-refractivity contribution in [1.29, 1.82) is 0 Å². The Hall–Kier alpha value is -1.56. The first-order chi connectivity index (χ1) is 10.9. The molecule has 0 saturated carbocycles. The highest BCUT2D eigenvalue weighted by molar-refractivity contribution is 7.91. The molecule has 2 rings (SSSR count). The lowest BCUT2D eigenvalue weighted by molar-refractivity contribution is -0.122. The van der Waals surface area contributed by atoms with Crippen LogP contribution in [0.5, 0.6) is 5.75 Å². The summed E-state index contributed by atoms with van der Waals surface area (Å²) in [5, 5.41) is 2.79. The summed E-state index contributed by atoms with van der Waals surface area (Å²) in [4.78, 5) is 11.9. The minimum atomic E-state index is -3.00. The molecule has 1 N–H and O–H groups in total. The SMILES string of the molecule is CC(C)c1ccc(OCCC(=O)NC2CCCS(=O)(=O)C2)cc1. The van der Waals surface area contributed by atoms with Gasteiger partial charge in [-0.2, -0.15) is 0 Å². The summed E-state index contributed by atoms with van der Waals surface area (Å²) in [5.41, 5.74) is 1.24. The van der Waals surface area contributed by atoms with E-state index in [1.54, 1.807) is 0 Å². The van der Waals surface area contributed by atoms with Crippen molar-refractivity contribution < 1.29 is 17.9 Å². The zero-order valence-corrected chi connectivity index (χ0v) is 14.6. The minimum Gasteiger partial charge on any atom is -0.493 e. The molecule has 23 heavy (non-hydrogen) atoms. The zero-order chi connectivity index (χ0) is 16.9. The molecule has 1 aliphatic rings. The van der Waals surface area contributed by atoms with Crippen molar-refractivity contribution in [3.63, 3.8) is 0 Å². The van der Waals surface area contributed by atoms with E-state index in [-0.39, 0.29) is 36.5 Å². The van der Waals surface area contributed by atoms with Crippen LogP contribution in [0.3, 0.4) is 0 Å². The molecule has 0 radical (unpaired) electrons. The average Bonchev–Trinajstić information content (AvgIpc) is 2.46. The Kier molecular flexibility index (Phi) is 6.04. The van der Waals surface area contributed by atoms with E-state index in [1.165, 1.54) is 5.56 Å². The van der Waals surface area contributed by atoms with Crippen molar-refractivity contribution in [1.82, 2.24) is 5.32 Å². The quantitative estimate of drug-likeness (QED) is 0.863. The van der Waals surface area contributed by atoms with Crippen LogP contribution in [0.4, 0.5) is 0 Å². The lowest BCUT2D eigenvalue weighted by atomic mass is 10.0. The van der Waals surface area contributed by atoms with Crippen molar-refractivity contribution >= 4 is 15.7 Å². The van der Waals surface area contributed by atoms with Crippen LogP contribution in [-0.2, 0) is 14.6 Å². The second kappa shape index (κ2) is 7.81. The number of ether oxygens (including phenoxy) is 1. The molecule has 0 aromatic heterocycles. The molecule has 1 heterocycles. The smallest absolute Gasteiger partial charge is 0.223 e. The Morgan fingerprint density at radius 1 is 1.30 bits per heavy atom. The van der Waals surface area contributed by atoms with E-state index in [4.69, 9.17) is 4.74 Å². The highest BCUT2D eigenvalue weighted by Crippen LogP contribution is 2.18. The Morgan fingerprint density at radius 3 is 2.61 bits per heavy atom. The predicted molar refractivity (Wildman–Crippen MR) is 90.5 cm³/mol.